The molecule has 1 saturated carbocycles. The lowest BCUT2D eigenvalue weighted by Gasteiger charge is -2.43. The molecule has 10 heteroatoms. The van der Waals surface area contributed by atoms with Crippen LogP contribution in [0.2, 0.25) is 0 Å². The van der Waals surface area contributed by atoms with Crippen LogP contribution in [0.4, 0.5) is 29.5 Å². The summed E-state index contributed by atoms with van der Waals surface area (Å²) in [6.45, 7) is 3.34. The number of carbonyl (C=O) groups excluding carboxylic acids is 3. The molecule has 5 rings (SSSR count). The third kappa shape index (κ3) is 3.11. The highest BCUT2D eigenvalue weighted by Gasteiger charge is 2.59. The first kappa shape index (κ1) is 22.4. The average Bonchev–Trinajstić information content (AvgIpc) is 3.18. The highest BCUT2D eigenvalue weighted by atomic mass is 19.4. The van der Waals surface area contributed by atoms with Crippen LogP contribution in [0.15, 0.2) is 36.5 Å². The van der Waals surface area contributed by atoms with Crippen molar-refractivity contribution in [3.8, 4) is 0 Å². The van der Waals surface area contributed by atoms with Crippen molar-refractivity contribution in [2.45, 2.75) is 63.2 Å². The number of carbonyl (C=O) groups is 3. The van der Waals surface area contributed by atoms with Crippen molar-refractivity contribution >= 4 is 29.4 Å². The van der Waals surface area contributed by atoms with E-state index in [9.17, 15) is 27.6 Å². The Bertz CT molecular complexity index is 1200. The summed E-state index contributed by atoms with van der Waals surface area (Å²) in [5.41, 5.74) is -1.29. The second kappa shape index (κ2) is 7.28. The molecule has 178 valence electrons. The van der Waals surface area contributed by atoms with Crippen molar-refractivity contribution in [2.75, 3.05) is 10.2 Å². The van der Waals surface area contributed by atoms with Crippen molar-refractivity contribution in [3.63, 3.8) is 0 Å². The predicted octanol–water partition coefficient (Wildman–Crippen LogP) is 4.31. The lowest BCUT2D eigenvalue weighted by Crippen LogP contribution is -2.47. The molecule has 34 heavy (non-hydrogen) atoms. The minimum atomic E-state index is -4.36. The first-order valence-corrected chi connectivity index (χ1v) is 11.1. The van der Waals surface area contributed by atoms with Gasteiger partial charge in [-0.3, -0.25) is 9.59 Å². The number of hydrogen-bond acceptors (Lipinski definition) is 4. The molecular formula is C24H23F3N4O3. The largest absolute Gasteiger partial charge is 0.398 e. The highest BCUT2D eigenvalue weighted by molar-refractivity contribution is 6.23. The van der Waals surface area contributed by atoms with Crippen LogP contribution in [-0.2, 0) is 28.0 Å². The summed E-state index contributed by atoms with van der Waals surface area (Å²) >= 11 is 0. The molecule has 4 amide bonds. The minimum Gasteiger partial charge on any atom is -0.310 e. The van der Waals surface area contributed by atoms with Crippen LogP contribution in [0.25, 0.3) is 0 Å². The number of urea groups is 1. The number of hydrogen-bond donors (Lipinski definition) is 1. The van der Waals surface area contributed by atoms with E-state index in [4.69, 9.17) is 0 Å². The number of amides is 4. The van der Waals surface area contributed by atoms with E-state index in [0.717, 1.165) is 4.90 Å². The summed E-state index contributed by atoms with van der Waals surface area (Å²) in [6, 6.07) is 6.68. The summed E-state index contributed by atoms with van der Waals surface area (Å²) in [5, 5.41) is 2.66. The van der Waals surface area contributed by atoms with E-state index in [-0.39, 0.29) is 43.0 Å². The number of halogens is 3. The molecule has 1 aliphatic carbocycles. The molecule has 2 fully saturated rings. The Kier molecular flexibility index (Phi) is 4.79. The summed E-state index contributed by atoms with van der Waals surface area (Å²) in [6.07, 6.45) is -2.11. The summed E-state index contributed by atoms with van der Waals surface area (Å²) < 4.78 is 41.1. The van der Waals surface area contributed by atoms with Gasteiger partial charge < -0.3 is 10.2 Å². The van der Waals surface area contributed by atoms with E-state index in [1.807, 2.05) is 0 Å². The molecule has 7 nitrogen and oxygen atoms in total. The number of pyridine rings is 1. The second-order valence-corrected chi connectivity index (χ2v) is 9.57. The Hall–Kier alpha value is -3.43. The van der Waals surface area contributed by atoms with Gasteiger partial charge in [-0.05, 0) is 56.0 Å². The van der Waals surface area contributed by atoms with E-state index in [1.54, 1.807) is 19.9 Å². The number of alkyl halides is 3. The molecule has 0 bridgehead atoms. The normalized spacial score (nSPS) is 20.9. The molecule has 0 unspecified atom stereocenters. The maximum absolute atomic E-state index is 13.7. The number of rotatable bonds is 4. The predicted molar refractivity (Wildman–Crippen MR) is 117 cm³/mol. The number of imide groups is 1. The lowest BCUT2D eigenvalue weighted by molar-refractivity contribution is -0.212. The zero-order chi connectivity index (χ0) is 24.5. The highest BCUT2D eigenvalue weighted by Crippen LogP contribution is 2.54. The van der Waals surface area contributed by atoms with Gasteiger partial charge in [0.2, 0.25) is 5.91 Å². The number of benzene rings is 1. The third-order valence-corrected chi connectivity index (χ3v) is 7.33. The molecule has 0 atom stereocenters. The van der Waals surface area contributed by atoms with Gasteiger partial charge in [-0.15, -0.1) is 0 Å². The van der Waals surface area contributed by atoms with Crippen molar-refractivity contribution in [2.24, 2.45) is 0 Å². The van der Waals surface area contributed by atoms with Crippen molar-refractivity contribution in [1.82, 2.24) is 9.88 Å². The molecule has 3 aliphatic rings. The van der Waals surface area contributed by atoms with Gasteiger partial charge in [-0.1, -0.05) is 18.6 Å². The van der Waals surface area contributed by atoms with Gasteiger partial charge in [0.05, 0.1) is 17.5 Å². The molecule has 2 aliphatic heterocycles. The van der Waals surface area contributed by atoms with Gasteiger partial charge in [0.1, 0.15) is 11.4 Å². The SMILES string of the molecule is CC1(C)C(=O)N(c2ccc(C3(C(F)(F)F)CCC3)cc2)C(=O)N1Cc1ccnc2c1CC(=O)N2. The van der Waals surface area contributed by atoms with Gasteiger partial charge in [0, 0.05) is 18.3 Å². The molecule has 1 saturated heterocycles. The Morgan fingerprint density at radius 2 is 1.74 bits per heavy atom. The van der Waals surface area contributed by atoms with E-state index < -0.39 is 29.1 Å². The van der Waals surface area contributed by atoms with Gasteiger partial charge in [-0.2, -0.15) is 13.2 Å². The quantitative estimate of drug-likeness (QED) is 0.673. The second-order valence-electron chi connectivity index (χ2n) is 9.57. The van der Waals surface area contributed by atoms with Crippen LogP contribution < -0.4 is 10.2 Å². The minimum absolute atomic E-state index is 0.0336. The fourth-order valence-electron chi connectivity index (χ4n) is 5.02. The average molecular weight is 472 g/mol. The van der Waals surface area contributed by atoms with Crippen LogP contribution >= 0.6 is 0 Å². The first-order chi connectivity index (χ1) is 16.0. The van der Waals surface area contributed by atoms with Gasteiger partial charge in [0.25, 0.3) is 5.91 Å². The molecular weight excluding hydrogens is 449 g/mol. The van der Waals surface area contributed by atoms with E-state index in [0.29, 0.717) is 23.4 Å². The van der Waals surface area contributed by atoms with E-state index >= 15 is 0 Å². The molecule has 0 spiro atoms. The number of nitrogens with zero attached hydrogens (tertiary/aromatic N) is 3. The monoisotopic (exact) mass is 472 g/mol. The van der Waals surface area contributed by atoms with Gasteiger partial charge in [-0.25, -0.2) is 14.7 Å². The molecule has 1 aromatic carbocycles. The Morgan fingerprint density at radius 3 is 2.32 bits per heavy atom. The number of aromatic nitrogens is 1. The van der Waals surface area contributed by atoms with E-state index in [1.165, 1.54) is 35.4 Å². The molecule has 1 aromatic heterocycles. The van der Waals surface area contributed by atoms with Crippen LogP contribution in [0.3, 0.4) is 0 Å². The maximum Gasteiger partial charge on any atom is 0.398 e. The number of fused-ring (bicyclic) bond motifs is 1. The lowest BCUT2D eigenvalue weighted by atomic mass is 9.64. The molecule has 2 aromatic rings. The Balaban J connectivity index is 1.44. The van der Waals surface area contributed by atoms with Crippen LogP contribution in [0.5, 0.6) is 0 Å². The van der Waals surface area contributed by atoms with E-state index in [2.05, 4.69) is 10.3 Å². The first-order valence-electron chi connectivity index (χ1n) is 11.1. The summed E-state index contributed by atoms with van der Waals surface area (Å²) in [5.74, 6) is -0.220. The number of anilines is 2. The Labute approximate surface area is 193 Å². The van der Waals surface area contributed by atoms with Crippen LogP contribution in [0, 0.1) is 0 Å². The van der Waals surface area contributed by atoms with Crippen LogP contribution in [-0.4, -0.2) is 39.4 Å². The fourth-order valence-corrected chi connectivity index (χ4v) is 5.02. The zero-order valence-corrected chi connectivity index (χ0v) is 18.7. The van der Waals surface area contributed by atoms with Crippen molar-refractivity contribution in [3.05, 3.63) is 53.2 Å². The van der Waals surface area contributed by atoms with Crippen LogP contribution in [0.1, 0.15) is 49.8 Å². The standard InChI is InChI=1S/C24H23F3N4O3/c1-22(2)20(33)31(16-6-4-15(5-7-16)23(9-3-10-23)24(25,26)27)21(34)30(22)13-14-8-11-28-19-17(14)12-18(32)29-19/h4-8,11H,3,9-10,12-13H2,1-2H3,(H,28,29,32). The van der Waals surface area contributed by atoms with Crippen molar-refractivity contribution in [1.29, 1.82) is 0 Å². The molecule has 0 radical (unpaired) electrons. The molecule has 1 N–H and O–H groups in total. The fraction of sp³-hybridized carbons (Fsp3) is 0.417. The molecule has 3 heterocycles. The summed E-state index contributed by atoms with van der Waals surface area (Å²) in [4.78, 5) is 45.0. The topological polar surface area (TPSA) is 82.6 Å². The zero-order valence-electron chi connectivity index (χ0n) is 18.7. The summed E-state index contributed by atoms with van der Waals surface area (Å²) in [7, 11) is 0. The van der Waals surface area contributed by atoms with Crippen molar-refractivity contribution < 1.29 is 27.6 Å². The Morgan fingerprint density at radius 1 is 1.06 bits per heavy atom. The van der Waals surface area contributed by atoms with Gasteiger partial charge >= 0.3 is 12.2 Å². The smallest absolute Gasteiger partial charge is 0.310 e. The maximum atomic E-state index is 13.7. The third-order valence-electron chi connectivity index (χ3n) is 7.33. The van der Waals surface area contributed by atoms with Gasteiger partial charge in [0.15, 0.2) is 0 Å². The number of nitrogens with one attached hydrogen (secondary N) is 1.